The van der Waals surface area contributed by atoms with Crippen molar-refractivity contribution in [2.24, 2.45) is 5.10 Å². The fraction of sp³-hybridized carbons (Fsp3) is 0.0323. The van der Waals surface area contributed by atoms with Gasteiger partial charge in [-0.15, -0.1) is 0 Å². The van der Waals surface area contributed by atoms with Crippen molar-refractivity contribution in [3.63, 3.8) is 0 Å². The number of esters is 1. The van der Waals surface area contributed by atoms with Gasteiger partial charge in [0.15, 0.2) is 11.5 Å². The number of nitrogens with zero attached hydrogens (tertiary/aromatic N) is 1. The second kappa shape index (κ2) is 13.5. The first-order valence-corrected chi connectivity index (χ1v) is 12.4. The average Bonchev–Trinajstić information content (AvgIpc) is 2.98. The van der Waals surface area contributed by atoms with Crippen LogP contribution in [0.3, 0.4) is 0 Å². The van der Waals surface area contributed by atoms with Gasteiger partial charge in [0.2, 0.25) is 0 Å². The zero-order valence-corrected chi connectivity index (χ0v) is 22.1. The monoisotopic (exact) mass is 553 g/mol. The first-order valence-electron chi connectivity index (χ1n) is 12.0. The third-order valence-corrected chi connectivity index (χ3v) is 5.73. The molecular formula is C31H24ClN3O5. The lowest BCUT2D eigenvalue weighted by Gasteiger charge is -2.09. The fourth-order valence-electron chi connectivity index (χ4n) is 3.49. The minimum Gasteiger partial charge on any atom is -0.493 e. The second-order valence-electron chi connectivity index (χ2n) is 8.32. The van der Waals surface area contributed by atoms with E-state index in [1.165, 1.54) is 19.4 Å². The molecule has 0 saturated carbocycles. The summed E-state index contributed by atoms with van der Waals surface area (Å²) in [7, 11) is 1.45. The minimum absolute atomic E-state index is 0.226. The van der Waals surface area contributed by atoms with Crippen LogP contribution in [0.15, 0.2) is 108 Å². The summed E-state index contributed by atoms with van der Waals surface area (Å²) in [5.74, 6) is -0.785. The van der Waals surface area contributed by atoms with E-state index in [2.05, 4.69) is 15.8 Å². The molecule has 9 heteroatoms. The van der Waals surface area contributed by atoms with E-state index in [-0.39, 0.29) is 11.7 Å². The van der Waals surface area contributed by atoms with E-state index in [1.807, 2.05) is 6.07 Å². The first-order chi connectivity index (χ1) is 19.4. The Morgan fingerprint density at radius 3 is 2.25 bits per heavy atom. The lowest BCUT2D eigenvalue weighted by atomic mass is 10.1. The topological polar surface area (TPSA) is 106 Å². The highest BCUT2D eigenvalue weighted by atomic mass is 35.5. The van der Waals surface area contributed by atoms with E-state index in [0.717, 1.165) is 5.56 Å². The van der Waals surface area contributed by atoms with Crippen molar-refractivity contribution in [2.75, 3.05) is 12.4 Å². The smallest absolute Gasteiger partial charge is 0.336 e. The van der Waals surface area contributed by atoms with Crippen LogP contribution in [0, 0.1) is 0 Å². The SMILES string of the molecule is COc1cc(C=NNC(=O)c2cccc(NC(=O)c3ccccc3)c2)ccc1OC(=O)/C=C/c1ccc(Cl)cc1. The predicted molar refractivity (Wildman–Crippen MR) is 155 cm³/mol. The normalized spacial score (nSPS) is 10.8. The molecule has 0 aliphatic heterocycles. The van der Waals surface area contributed by atoms with Crippen LogP contribution in [-0.4, -0.2) is 31.1 Å². The van der Waals surface area contributed by atoms with Crippen LogP contribution >= 0.6 is 11.6 Å². The molecule has 4 aromatic rings. The maximum Gasteiger partial charge on any atom is 0.336 e. The van der Waals surface area contributed by atoms with Crippen LogP contribution in [0.25, 0.3) is 6.08 Å². The summed E-state index contributed by atoms with van der Waals surface area (Å²) in [6.07, 6.45) is 4.34. The number of rotatable bonds is 9. The molecule has 0 aliphatic carbocycles. The molecule has 0 spiro atoms. The van der Waals surface area contributed by atoms with E-state index in [1.54, 1.807) is 97.1 Å². The minimum atomic E-state index is -0.580. The molecule has 2 N–H and O–H groups in total. The Kier molecular flexibility index (Phi) is 9.42. The molecule has 0 unspecified atom stereocenters. The highest BCUT2D eigenvalue weighted by molar-refractivity contribution is 6.30. The highest BCUT2D eigenvalue weighted by Crippen LogP contribution is 2.28. The van der Waals surface area contributed by atoms with Crippen molar-refractivity contribution >= 4 is 47.4 Å². The van der Waals surface area contributed by atoms with Crippen molar-refractivity contribution < 1.29 is 23.9 Å². The quantitative estimate of drug-likeness (QED) is 0.0871. The molecule has 0 saturated heterocycles. The molecule has 40 heavy (non-hydrogen) atoms. The summed E-state index contributed by atoms with van der Waals surface area (Å²) >= 11 is 5.87. The molecule has 2 amide bonds. The van der Waals surface area contributed by atoms with Crippen molar-refractivity contribution in [1.82, 2.24) is 5.43 Å². The zero-order chi connectivity index (χ0) is 28.3. The Hall–Kier alpha value is -5.21. The van der Waals surface area contributed by atoms with Crippen LogP contribution in [-0.2, 0) is 4.79 Å². The summed E-state index contributed by atoms with van der Waals surface area (Å²) in [6.45, 7) is 0. The van der Waals surface area contributed by atoms with Crippen molar-refractivity contribution in [3.05, 3.63) is 130 Å². The van der Waals surface area contributed by atoms with Gasteiger partial charge in [-0.25, -0.2) is 10.2 Å². The van der Waals surface area contributed by atoms with E-state index in [0.29, 0.717) is 33.1 Å². The first kappa shape index (κ1) is 27.8. The summed E-state index contributed by atoms with van der Waals surface area (Å²) in [4.78, 5) is 37.2. The third-order valence-electron chi connectivity index (χ3n) is 5.48. The van der Waals surface area contributed by atoms with E-state index in [9.17, 15) is 14.4 Å². The van der Waals surface area contributed by atoms with Crippen LogP contribution < -0.4 is 20.2 Å². The van der Waals surface area contributed by atoms with Gasteiger partial charge in [0.25, 0.3) is 11.8 Å². The molecule has 200 valence electrons. The molecule has 0 heterocycles. The molecular weight excluding hydrogens is 530 g/mol. The Bertz CT molecular complexity index is 1570. The zero-order valence-electron chi connectivity index (χ0n) is 21.3. The highest BCUT2D eigenvalue weighted by Gasteiger charge is 2.10. The number of methoxy groups -OCH3 is 1. The number of nitrogens with one attached hydrogen (secondary N) is 2. The number of amides is 2. The summed E-state index contributed by atoms with van der Waals surface area (Å²) < 4.78 is 10.7. The Morgan fingerprint density at radius 1 is 0.775 bits per heavy atom. The van der Waals surface area contributed by atoms with Crippen molar-refractivity contribution in [2.45, 2.75) is 0 Å². The predicted octanol–water partition coefficient (Wildman–Crippen LogP) is 5.98. The number of hydrogen-bond donors (Lipinski definition) is 2. The van der Waals surface area contributed by atoms with Crippen molar-refractivity contribution in [3.8, 4) is 11.5 Å². The number of carbonyl (C=O) groups excluding carboxylic acids is 3. The molecule has 0 aliphatic rings. The van der Waals surface area contributed by atoms with Gasteiger partial charge in [0.1, 0.15) is 0 Å². The molecule has 8 nitrogen and oxygen atoms in total. The largest absolute Gasteiger partial charge is 0.493 e. The van der Waals surface area contributed by atoms with Gasteiger partial charge < -0.3 is 14.8 Å². The second-order valence-corrected chi connectivity index (χ2v) is 8.75. The molecule has 0 bridgehead atoms. The van der Waals surface area contributed by atoms with Gasteiger partial charge in [0, 0.05) is 27.9 Å². The molecule has 0 fully saturated rings. The van der Waals surface area contributed by atoms with Gasteiger partial charge in [-0.3, -0.25) is 9.59 Å². The molecule has 4 rings (SSSR count). The van der Waals surface area contributed by atoms with Crippen molar-refractivity contribution in [1.29, 1.82) is 0 Å². The molecule has 4 aromatic carbocycles. The number of hydrogen-bond acceptors (Lipinski definition) is 6. The molecule has 0 aromatic heterocycles. The van der Waals surface area contributed by atoms with Gasteiger partial charge in [-0.1, -0.05) is 48.0 Å². The van der Waals surface area contributed by atoms with Crippen LogP contribution in [0.4, 0.5) is 5.69 Å². The lowest BCUT2D eigenvalue weighted by molar-refractivity contribution is -0.129. The number of halogens is 1. The number of anilines is 1. The maximum atomic E-state index is 12.6. The van der Waals surface area contributed by atoms with E-state index in [4.69, 9.17) is 21.1 Å². The van der Waals surface area contributed by atoms with Crippen LogP contribution in [0.1, 0.15) is 31.8 Å². The molecule has 0 atom stereocenters. The lowest BCUT2D eigenvalue weighted by Crippen LogP contribution is -2.18. The summed E-state index contributed by atoms with van der Waals surface area (Å²) in [5, 5.41) is 7.37. The van der Waals surface area contributed by atoms with Crippen LogP contribution in [0.5, 0.6) is 11.5 Å². The van der Waals surface area contributed by atoms with Gasteiger partial charge in [0.05, 0.1) is 13.3 Å². The van der Waals surface area contributed by atoms with Crippen LogP contribution in [0.2, 0.25) is 5.02 Å². The number of carbonyl (C=O) groups is 3. The Balaban J connectivity index is 1.34. The fourth-order valence-corrected chi connectivity index (χ4v) is 3.62. The number of ether oxygens (including phenoxy) is 2. The standard InChI is InChI=1S/C31H24ClN3O5/c1-39-28-18-22(12-16-27(28)40-29(36)17-13-21-10-14-25(32)15-11-21)20-33-35-31(38)24-8-5-9-26(19-24)34-30(37)23-6-3-2-4-7-23/h2-20H,1H3,(H,34,37)(H,35,38)/b17-13+,33-20?. The Morgan fingerprint density at radius 2 is 1.50 bits per heavy atom. The van der Waals surface area contributed by atoms with E-state index >= 15 is 0 Å². The van der Waals surface area contributed by atoms with Gasteiger partial charge in [-0.05, 0) is 77.9 Å². The number of hydrazone groups is 1. The van der Waals surface area contributed by atoms with Gasteiger partial charge in [-0.2, -0.15) is 5.10 Å². The summed E-state index contributed by atoms with van der Waals surface area (Å²) in [6, 6.07) is 27.1. The number of benzene rings is 4. The molecule has 0 radical (unpaired) electrons. The summed E-state index contributed by atoms with van der Waals surface area (Å²) in [5.41, 5.74) is 5.14. The maximum absolute atomic E-state index is 12.6. The Labute approximate surface area is 235 Å². The van der Waals surface area contributed by atoms with Gasteiger partial charge >= 0.3 is 5.97 Å². The average molecular weight is 554 g/mol. The van der Waals surface area contributed by atoms with E-state index < -0.39 is 11.9 Å². The third kappa shape index (κ3) is 7.89.